The number of piperidine rings is 1. The Morgan fingerprint density at radius 3 is 2.48 bits per heavy atom. The monoisotopic (exact) mass is 308 g/mol. The smallest absolute Gasteiger partial charge is 0.251 e. The third kappa shape index (κ3) is 6.06. The van der Waals surface area contributed by atoms with Gasteiger partial charge in [0.25, 0.3) is 5.91 Å². The number of carbonyl (C=O) groups excluding carboxylic acids is 1. The SMILES string of the molecule is O=C(NCCCCCN1CCCCC1)c1ccc(Cl)cc1. The van der Waals surface area contributed by atoms with Gasteiger partial charge in [-0.3, -0.25) is 4.79 Å². The summed E-state index contributed by atoms with van der Waals surface area (Å²) in [7, 11) is 0. The van der Waals surface area contributed by atoms with E-state index in [2.05, 4.69) is 10.2 Å². The van der Waals surface area contributed by atoms with E-state index < -0.39 is 0 Å². The minimum absolute atomic E-state index is 0.0114. The number of hydrogen-bond acceptors (Lipinski definition) is 2. The summed E-state index contributed by atoms with van der Waals surface area (Å²) < 4.78 is 0. The van der Waals surface area contributed by atoms with Crippen LogP contribution < -0.4 is 5.32 Å². The van der Waals surface area contributed by atoms with Crippen LogP contribution in [0.1, 0.15) is 48.9 Å². The highest BCUT2D eigenvalue weighted by Crippen LogP contribution is 2.10. The molecule has 1 aromatic carbocycles. The molecule has 0 bridgehead atoms. The molecule has 0 aliphatic carbocycles. The molecule has 21 heavy (non-hydrogen) atoms. The molecule has 1 amide bonds. The molecule has 2 rings (SSSR count). The molecule has 4 heteroatoms. The van der Waals surface area contributed by atoms with Gasteiger partial charge in [0.2, 0.25) is 0 Å². The first-order valence-electron chi connectivity index (χ1n) is 8.02. The van der Waals surface area contributed by atoms with Gasteiger partial charge in [-0.1, -0.05) is 24.4 Å². The second kappa shape index (κ2) is 9.06. The Kier molecular flexibility index (Phi) is 7.04. The van der Waals surface area contributed by atoms with Gasteiger partial charge in [-0.25, -0.2) is 0 Å². The summed E-state index contributed by atoms with van der Waals surface area (Å²) in [6.07, 6.45) is 7.57. The molecular weight excluding hydrogens is 284 g/mol. The highest BCUT2D eigenvalue weighted by atomic mass is 35.5. The average molecular weight is 309 g/mol. The van der Waals surface area contributed by atoms with Gasteiger partial charge in [-0.05, 0) is 69.6 Å². The molecule has 0 atom stereocenters. The lowest BCUT2D eigenvalue weighted by Gasteiger charge is -2.26. The van der Waals surface area contributed by atoms with Gasteiger partial charge in [-0.15, -0.1) is 0 Å². The first kappa shape index (κ1) is 16.3. The quantitative estimate of drug-likeness (QED) is 0.779. The van der Waals surface area contributed by atoms with E-state index in [1.807, 2.05) is 0 Å². The summed E-state index contributed by atoms with van der Waals surface area (Å²) in [6.45, 7) is 4.51. The van der Waals surface area contributed by atoms with Crippen LogP contribution in [-0.4, -0.2) is 37.0 Å². The number of carbonyl (C=O) groups is 1. The molecule has 0 saturated carbocycles. The van der Waals surface area contributed by atoms with Crippen molar-refractivity contribution in [1.82, 2.24) is 10.2 Å². The van der Waals surface area contributed by atoms with Gasteiger partial charge in [-0.2, -0.15) is 0 Å². The van der Waals surface area contributed by atoms with E-state index in [4.69, 9.17) is 11.6 Å². The standard InChI is InChI=1S/C17H25ClN2O/c18-16-9-7-15(8-10-16)17(21)19-11-3-1-4-12-20-13-5-2-6-14-20/h7-10H,1-6,11-14H2,(H,19,21). The Balaban J connectivity index is 1.53. The number of likely N-dealkylation sites (tertiary alicyclic amines) is 1. The van der Waals surface area contributed by atoms with Crippen molar-refractivity contribution < 1.29 is 4.79 Å². The maximum Gasteiger partial charge on any atom is 0.251 e. The Morgan fingerprint density at radius 2 is 1.76 bits per heavy atom. The highest BCUT2D eigenvalue weighted by Gasteiger charge is 2.09. The van der Waals surface area contributed by atoms with Gasteiger partial charge in [0.1, 0.15) is 0 Å². The van der Waals surface area contributed by atoms with Crippen molar-refractivity contribution in [3.63, 3.8) is 0 Å². The number of hydrogen-bond donors (Lipinski definition) is 1. The molecule has 1 aromatic rings. The van der Waals surface area contributed by atoms with Crippen LogP contribution in [0.15, 0.2) is 24.3 Å². The van der Waals surface area contributed by atoms with E-state index in [1.54, 1.807) is 24.3 Å². The van der Waals surface area contributed by atoms with Crippen molar-refractivity contribution in [1.29, 1.82) is 0 Å². The van der Waals surface area contributed by atoms with Crippen LogP contribution in [-0.2, 0) is 0 Å². The van der Waals surface area contributed by atoms with Crippen LogP contribution in [0.4, 0.5) is 0 Å². The van der Waals surface area contributed by atoms with Crippen LogP contribution >= 0.6 is 11.6 Å². The largest absolute Gasteiger partial charge is 0.352 e. The van der Waals surface area contributed by atoms with Crippen molar-refractivity contribution in [2.75, 3.05) is 26.2 Å². The molecule has 1 heterocycles. The second-order valence-corrected chi connectivity index (χ2v) is 6.16. The van der Waals surface area contributed by atoms with E-state index in [1.165, 1.54) is 51.7 Å². The maximum atomic E-state index is 11.9. The summed E-state index contributed by atoms with van der Waals surface area (Å²) in [5.41, 5.74) is 0.674. The summed E-state index contributed by atoms with van der Waals surface area (Å²) in [5.74, 6) is -0.0114. The predicted molar refractivity (Wildman–Crippen MR) is 87.9 cm³/mol. The van der Waals surface area contributed by atoms with Crippen LogP contribution in [0.3, 0.4) is 0 Å². The predicted octanol–water partition coefficient (Wildman–Crippen LogP) is 3.73. The molecule has 116 valence electrons. The van der Waals surface area contributed by atoms with Crippen LogP contribution in [0.25, 0.3) is 0 Å². The van der Waals surface area contributed by atoms with Crippen molar-refractivity contribution in [2.24, 2.45) is 0 Å². The molecule has 0 spiro atoms. The Morgan fingerprint density at radius 1 is 1.05 bits per heavy atom. The molecule has 0 radical (unpaired) electrons. The minimum Gasteiger partial charge on any atom is -0.352 e. The van der Waals surface area contributed by atoms with Gasteiger partial charge < -0.3 is 10.2 Å². The molecule has 0 aromatic heterocycles. The van der Waals surface area contributed by atoms with E-state index in [0.29, 0.717) is 10.6 Å². The maximum absolute atomic E-state index is 11.9. The molecule has 1 fully saturated rings. The number of benzene rings is 1. The normalized spacial score (nSPS) is 15.9. The van der Waals surface area contributed by atoms with Crippen molar-refractivity contribution >= 4 is 17.5 Å². The highest BCUT2D eigenvalue weighted by molar-refractivity contribution is 6.30. The van der Waals surface area contributed by atoms with Gasteiger partial charge >= 0.3 is 0 Å². The average Bonchev–Trinajstić information content (AvgIpc) is 2.52. The van der Waals surface area contributed by atoms with Crippen molar-refractivity contribution in [3.8, 4) is 0 Å². The van der Waals surface area contributed by atoms with Crippen molar-refractivity contribution in [2.45, 2.75) is 38.5 Å². The third-order valence-electron chi connectivity index (χ3n) is 3.99. The third-order valence-corrected chi connectivity index (χ3v) is 4.24. The van der Waals surface area contributed by atoms with E-state index in [9.17, 15) is 4.79 Å². The number of nitrogens with zero attached hydrogens (tertiary/aromatic N) is 1. The molecular formula is C17H25ClN2O. The van der Waals surface area contributed by atoms with Gasteiger partial charge in [0, 0.05) is 17.1 Å². The number of rotatable bonds is 7. The van der Waals surface area contributed by atoms with Gasteiger partial charge in [0.05, 0.1) is 0 Å². The van der Waals surface area contributed by atoms with E-state index >= 15 is 0 Å². The van der Waals surface area contributed by atoms with E-state index in [0.717, 1.165) is 13.0 Å². The summed E-state index contributed by atoms with van der Waals surface area (Å²) >= 11 is 5.81. The number of amides is 1. The summed E-state index contributed by atoms with van der Waals surface area (Å²) in [5, 5.41) is 3.62. The van der Waals surface area contributed by atoms with Gasteiger partial charge in [0.15, 0.2) is 0 Å². The fraction of sp³-hybridized carbons (Fsp3) is 0.588. The zero-order valence-electron chi connectivity index (χ0n) is 12.6. The topological polar surface area (TPSA) is 32.3 Å². The molecule has 1 aliphatic heterocycles. The zero-order valence-corrected chi connectivity index (χ0v) is 13.4. The first-order chi connectivity index (χ1) is 10.3. The van der Waals surface area contributed by atoms with Crippen LogP contribution in [0, 0.1) is 0 Å². The Labute approximate surface area is 132 Å². The number of unbranched alkanes of at least 4 members (excludes halogenated alkanes) is 2. The lowest BCUT2D eigenvalue weighted by molar-refractivity contribution is 0.0953. The lowest BCUT2D eigenvalue weighted by Crippen LogP contribution is -2.30. The molecule has 1 aliphatic rings. The molecule has 1 saturated heterocycles. The second-order valence-electron chi connectivity index (χ2n) is 5.73. The first-order valence-corrected chi connectivity index (χ1v) is 8.39. The van der Waals surface area contributed by atoms with Crippen LogP contribution in [0.2, 0.25) is 5.02 Å². The lowest BCUT2D eigenvalue weighted by atomic mass is 10.1. The fourth-order valence-corrected chi connectivity index (χ4v) is 2.85. The minimum atomic E-state index is -0.0114. The summed E-state index contributed by atoms with van der Waals surface area (Å²) in [4.78, 5) is 14.4. The van der Waals surface area contributed by atoms with Crippen molar-refractivity contribution in [3.05, 3.63) is 34.9 Å². The summed E-state index contributed by atoms with van der Waals surface area (Å²) in [6, 6.07) is 7.01. The van der Waals surface area contributed by atoms with Crippen LogP contribution in [0.5, 0.6) is 0 Å². The zero-order chi connectivity index (χ0) is 14.9. The number of nitrogens with one attached hydrogen (secondary N) is 1. The Bertz CT molecular complexity index is 427. The van der Waals surface area contributed by atoms with E-state index in [-0.39, 0.29) is 5.91 Å². The fourth-order valence-electron chi connectivity index (χ4n) is 2.73. The molecule has 0 unspecified atom stereocenters. The number of halogens is 1. The Hall–Kier alpha value is -1.06. The molecule has 1 N–H and O–H groups in total. The molecule has 3 nitrogen and oxygen atoms in total.